The number of hydrogen-bond acceptors (Lipinski definition) is 4. The highest BCUT2D eigenvalue weighted by Crippen LogP contribution is 2.11. The number of ether oxygens (including phenoxy) is 1. The van der Waals surface area contributed by atoms with E-state index >= 15 is 0 Å². The molecular formula is C20H23NO5. The van der Waals surface area contributed by atoms with E-state index in [1.165, 1.54) is 0 Å². The van der Waals surface area contributed by atoms with Crippen molar-refractivity contribution in [2.45, 2.75) is 38.0 Å². The molecule has 1 amide bonds. The van der Waals surface area contributed by atoms with Crippen LogP contribution in [0.25, 0.3) is 0 Å². The minimum atomic E-state index is -0.992. The van der Waals surface area contributed by atoms with E-state index in [2.05, 4.69) is 5.32 Å². The second-order valence-corrected chi connectivity index (χ2v) is 6.00. The smallest absolute Gasteiger partial charge is 0.407 e. The average molecular weight is 357 g/mol. The molecule has 26 heavy (non-hydrogen) atoms. The van der Waals surface area contributed by atoms with Crippen LogP contribution in [0.1, 0.15) is 24.0 Å². The topological polar surface area (TPSA) is 95.9 Å². The first-order valence-corrected chi connectivity index (χ1v) is 8.45. The second kappa shape index (κ2) is 10.2. The van der Waals surface area contributed by atoms with E-state index in [4.69, 9.17) is 9.84 Å². The van der Waals surface area contributed by atoms with Crippen molar-refractivity contribution in [3.63, 3.8) is 0 Å². The standard InChI is InChI=1S/C20H23NO5/c22-18(11-12-19(23)24)17(13-15-7-3-1-4-8-15)21-20(25)26-14-16-9-5-2-6-10-16/h1-10,17-18,22H,11-14H2,(H,21,25)(H,23,24)/t17-,18?/m0/s1. The van der Waals surface area contributed by atoms with Gasteiger partial charge in [-0.15, -0.1) is 0 Å². The van der Waals surface area contributed by atoms with Crippen LogP contribution in [0, 0.1) is 0 Å². The molecule has 0 spiro atoms. The third kappa shape index (κ3) is 6.94. The number of rotatable bonds is 9. The lowest BCUT2D eigenvalue weighted by atomic mass is 9.98. The van der Waals surface area contributed by atoms with Crippen molar-refractivity contribution in [2.24, 2.45) is 0 Å². The number of benzene rings is 2. The summed E-state index contributed by atoms with van der Waals surface area (Å²) in [6.45, 7) is 0.121. The van der Waals surface area contributed by atoms with E-state index in [-0.39, 0.29) is 19.4 Å². The van der Waals surface area contributed by atoms with Gasteiger partial charge in [-0.2, -0.15) is 0 Å². The van der Waals surface area contributed by atoms with Crippen LogP contribution in [0.5, 0.6) is 0 Å². The van der Waals surface area contributed by atoms with Crippen LogP contribution in [0.15, 0.2) is 60.7 Å². The van der Waals surface area contributed by atoms with E-state index in [1.54, 1.807) is 0 Å². The lowest BCUT2D eigenvalue weighted by molar-refractivity contribution is -0.137. The van der Waals surface area contributed by atoms with Gasteiger partial charge in [0.05, 0.1) is 12.1 Å². The molecule has 0 heterocycles. The quantitative estimate of drug-likeness (QED) is 0.641. The minimum absolute atomic E-state index is 0.0474. The molecule has 0 aliphatic rings. The van der Waals surface area contributed by atoms with Gasteiger partial charge in [-0.25, -0.2) is 4.79 Å². The summed E-state index contributed by atoms with van der Waals surface area (Å²) < 4.78 is 5.19. The molecule has 0 radical (unpaired) electrons. The zero-order valence-electron chi connectivity index (χ0n) is 14.4. The molecule has 0 aliphatic heterocycles. The Morgan fingerprint density at radius 2 is 1.54 bits per heavy atom. The van der Waals surface area contributed by atoms with Crippen molar-refractivity contribution in [3.05, 3.63) is 71.8 Å². The van der Waals surface area contributed by atoms with Crippen LogP contribution in [0.3, 0.4) is 0 Å². The predicted molar refractivity (Wildman–Crippen MR) is 96.6 cm³/mol. The normalized spacial score (nSPS) is 12.8. The maximum Gasteiger partial charge on any atom is 0.407 e. The van der Waals surface area contributed by atoms with Crippen molar-refractivity contribution in [3.8, 4) is 0 Å². The number of alkyl carbamates (subject to hydrolysis) is 1. The van der Waals surface area contributed by atoms with E-state index in [0.29, 0.717) is 6.42 Å². The van der Waals surface area contributed by atoms with Gasteiger partial charge in [0.2, 0.25) is 0 Å². The maximum absolute atomic E-state index is 12.1. The Labute approximate surface area is 152 Å². The lowest BCUT2D eigenvalue weighted by Crippen LogP contribution is -2.45. The first-order valence-electron chi connectivity index (χ1n) is 8.45. The molecule has 3 N–H and O–H groups in total. The van der Waals surface area contributed by atoms with Gasteiger partial charge in [-0.1, -0.05) is 60.7 Å². The number of carboxylic acids is 1. The van der Waals surface area contributed by atoms with Gasteiger partial charge in [0.25, 0.3) is 0 Å². The number of nitrogens with one attached hydrogen (secondary N) is 1. The average Bonchev–Trinajstić information content (AvgIpc) is 2.65. The maximum atomic E-state index is 12.1. The summed E-state index contributed by atoms with van der Waals surface area (Å²) in [5, 5.41) is 21.8. The Bertz CT molecular complexity index is 690. The largest absolute Gasteiger partial charge is 0.481 e. The Morgan fingerprint density at radius 1 is 0.962 bits per heavy atom. The van der Waals surface area contributed by atoms with E-state index in [1.807, 2.05) is 60.7 Å². The Kier molecular flexibility index (Phi) is 7.64. The molecule has 2 rings (SSSR count). The molecule has 2 aromatic carbocycles. The van der Waals surface area contributed by atoms with Crippen LogP contribution in [0.4, 0.5) is 4.79 Å². The van der Waals surface area contributed by atoms with Crippen LogP contribution < -0.4 is 5.32 Å². The number of aliphatic hydroxyl groups is 1. The molecule has 2 aromatic rings. The molecule has 2 atom stereocenters. The van der Waals surface area contributed by atoms with Crippen LogP contribution in [-0.4, -0.2) is 34.4 Å². The van der Waals surface area contributed by atoms with Crippen molar-refractivity contribution < 1.29 is 24.5 Å². The summed E-state index contributed by atoms with van der Waals surface area (Å²) in [5.74, 6) is -0.992. The Balaban J connectivity index is 1.95. The molecule has 138 valence electrons. The van der Waals surface area contributed by atoms with Crippen molar-refractivity contribution in [1.82, 2.24) is 5.32 Å². The number of amides is 1. The van der Waals surface area contributed by atoms with Gasteiger partial charge in [-0.05, 0) is 24.0 Å². The van der Waals surface area contributed by atoms with Crippen LogP contribution in [0.2, 0.25) is 0 Å². The number of aliphatic carboxylic acids is 1. The number of carbonyl (C=O) groups excluding carboxylic acids is 1. The molecule has 6 heteroatoms. The summed E-state index contributed by atoms with van der Waals surface area (Å²) in [5.41, 5.74) is 1.78. The van der Waals surface area contributed by atoms with Gasteiger partial charge in [-0.3, -0.25) is 4.79 Å². The first-order chi connectivity index (χ1) is 12.5. The SMILES string of the molecule is O=C(O)CCC(O)[C@H](Cc1ccccc1)NC(=O)OCc1ccccc1. The molecule has 1 unspecified atom stereocenters. The van der Waals surface area contributed by atoms with E-state index in [0.717, 1.165) is 11.1 Å². The summed E-state index contributed by atoms with van der Waals surface area (Å²) in [4.78, 5) is 22.8. The summed E-state index contributed by atoms with van der Waals surface area (Å²) in [7, 11) is 0. The third-order valence-electron chi connectivity index (χ3n) is 3.93. The monoisotopic (exact) mass is 357 g/mol. The summed E-state index contributed by atoms with van der Waals surface area (Å²) in [6.07, 6.45) is -1.39. The zero-order chi connectivity index (χ0) is 18.8. The number of carboxylic acid groups (broad SMARTS) is 1. The van der Waals surface area contributed by atoms with Crippen LogP contribution in [-0.2, 0) is 22.6 Å². The van der Waals surface area contributed by atoms with Crippen molar-refractivity contribution in [1.29, 1.82) is 0 Å². The van der Waals surface area contributed by atoms with Gasteiger partial charge >= 0.3 is 12.1 Å². The van der Waals surface area contributed by atoms with Crippen LogP contribution >= 0.6 is 0 Å². The van der Waals surface area contributed by atoms with Gasteiger partial charge in [0, 0.05) is 6.42 Å². The van der Waals surface area contributed by atoms with E-state index in [9.17, 15) is 14.7 Å². The zero-order valence-corrected chi connectivity index (χ0v) is 14.4. The molecule has 0 saturated heterocycles. The van der Waals surface area contributed by atoms with Crippen molar-refractivity contribution in [2.75, 3.05) is 0 Å². The molecule has 0 aliphatic carbocycles. The second-order valence-electron chi connectivity index (χ2n) is 6.00. The summed E-state index contributed by atoms with van der Waals surface area (Å²) in [6, 6.07) is 18.0. The molecule has 0 aromatic heterocycles. The highest BCUT2D eigenvalue weighted by atomic mass is 16.5. The fourth-order valence-electron chi connectivity index (χ4n) is 2.54. The first kappa shape index (κ1) is 19.5. The third-order valence-corrected chi connectivity index (χ3v) is 3.93. The fraction of sp³-hybridized carbons (Fsp3) is 0.300. The molecule has 6 nitrogen and oxygen atoms in total. The minimum Gasteiger partial charge on any atom is -0.481 e. The summed E-state index contributed by atoms with van der Waals surface area (Å²) >= 11 is 0. The van der Waals surface area contributed by atoms with Gasteiger partial charge in [0.15, 0.2) is 0 Å². The Hall–Kier alpha value is -2.86. The van der Waals surface area contributed by atoms with Gasteiger partial charge < -0.3 is 20.3 Å². The van der Waals surface area contributed by atoms with Gasteiger partial charge in [0.1, 0.15) is 6.61 Å². The van der Waals surface area contributed by atoms with Crippen molar-refractivity contribution >= 4 is 12.1 Å². The Morgan fingerprint density at radius 3 is 2.12 bits per heavy atom. The number of aliphatic hydroxyl groups excluding tert-OH is 1. The number of hydrogen-bond donors (Lipinski definition) is 3. The highest BCUT2D eigenvalue weighted by molar-refractivity contribution is 5.68. The highest BCUT2D eigenvalue weighted by Gasteiger charge is 2.23. The molecule has 0 bridgehead atoms. The van der Waals surface area contributed by atoms with E-state index < -0.39 is 24.2 Å². The fourth-order valence-corrected chi connectivity index (χ4v) is 2.54. The lowest BCUT2D eigenvalue weighted by Gasteiger charge is -2.24. The predicted octanol–water partition coefficient (Wildman–Crippen LogP) is 2.75. The molecule has 0 saturated carbocycles. The number of carbonyl (C=O) groups is 2. The molecule has 0 fully saturated rings. The molecular weight excluding hydrogens is 334 g/mol.